The first-order valence-electron chi connectivity index (χ1n) is 20.0. The van der Waals surface area contributed by atoms with Gasteiger partial charge in [0, 0.05) is 57.0 Å². The summed E-state index contributed by atoms with van der Waals surface area (Å²) in [4.78, 5) is 62.7. The third kappa shape index (κ3) is 13.9. The number of carboxylic acids is 1. The quantitative estimate of drug-likeness (QED) is 0.109. The van der Waals surface area contributed by atoms with Crippen LogP contribution >= 0.6 is 11.3 Å². The number of likely N-dealkylation sites (tertiary alicyclic amines) is 1. The van der Waals surface area contributed by atoms with Crippen LogP contribution in [0.25, 0.3) is 0 Å². The molecule has 0 saturated carbocycles. The Morgan fingerprint density at radius 3 is 2.34 bits per heavy atom. The Labute approximate surface area is 337 Å². The van der Waals surface area contributed by atoms with Gasteiger partial charge in [-0.1, -0.05) is 59.6 Å². The highest BCUT2D eigenvalue weighted by atomic mass is 32.1. The lowest BCUT2D eigenvalue weighted by atomic mass is 9.82. The molecule has 56 heavy (non-hydrogen) atoms. The Hall–Kier alpha value is -3.43. The molecule has 2 N–H and O–H groups in total. The number of amides is 2. The van der Waals surface area contributed by atoms with Crippen LogP contribution in [0.3, 0.4) is 0 Å². The summed E-state index contributed by atoms with van der Waals surface area (Å²) in [6, 6.07) is 6.50. The van der Waals surface area contributed by atoms with Gasteiger partial charge in [0.05, 0.1) is 25.7 Å². The maximum Gasteiger partial charge on any atom is 0.306 e. The smallest absolute Gasteiger partial charge is 0.306 e. The molecule has 2 amide bonds. The molecule has 0 spiro atoms. The first-order valence-corrected chi connectivity index (χ1v) is 20.9. The molecule has 0 bridgehead atoms. The summed E-state index contributed by atoms with van der Waals surface area (Å²) < 4.78 is 22.3. The molecular weight excluding hydrogens is 737 g/mol. The second-order valence-electron chi connectivity index (χ2n) is 15.6. The van der Waals surface area contributed by atoms with Gasteiger partial charge in [-0.3, -0.25) is 24.1 Å². The number of ether oxygens (including phenoxy) is 4. The fourth-order valence-electron chi connectivity index (χ4n) is 7.43. The molecule has 2 heterocycles. The predicted octanol–water partition coefficient (Wildman–Crippen LogP) is 6.26. The Morgan fingerprint density at radius 1 is 1.04 bits per heavy atom. The number of nitrogens with one attached hydrogen (secondary N) is 1. The molecule has 314 valence electrons. The van der Waals surface area contributed by atoms with Crippen LogP contribution < -0.4 is 10.1 Å². The van der Waals surface area contributed by atoms with E-state index in [4.69, 9.17) is 23.9 Å². The Kier molecular flexibility index (Phi) is 19.9. The number of Topliss-reactive ketones (excluding diaryl/α,β-unsaturated/α-hetero) is 1. The van der Waals surface area contributed by atoms with Gasteiger partial charge >= 0.3 is 5.97 Å². The molecule has 1 aromatic heterocycles. The van der Waals surface area contributed by atoms with Crippen LogP contribution in [0.5, 0.6) is 5.75 Å². The van der Waals surface area contributed by atoms with Gasteiger partial charge in [-0.2, -0.15) is 0 Å². The van der Waals surface area contributed by atoms with Crippen molar-refractivity contribution in [3.63, 3.8) is 0 Å². The van der Waals surface area contributed by atoms with Crippen LogP contribution in [-0.2, 0) is 35.0 Å². The summed E-state index contributed by atoms with van der Waals surface area (Å²) >= 11 is 1.28. The molecule has 13 nitrogen and oxygen atoms in total. The van der Waals surface area contributed by atoms with Gasteiger partial charge in [0.15, 0.2) is 5.78 Å². The number of nitrogens with zero attached hydrogens (tertiary/aromatic N) is 3. The minimum absolute atomic E-state index is 0.000109. The topological polar surface area (TPSA) is 157 Å². The summed E-state index contributed by atoms with van der Waals surface area (Å²) in [5.74, 6) is -1.77. The Morgan fingerprint density at radius 2 is 1.75 bits per heavy atom. The number of likely N-dealkylation sites (N-methyl/N-ethyl adjacent to an activating group) is 1. The summed E-state index contributed by atoms with van der Waals surface area (Å²) in [7, 11) is 6.73. The number of hydrogen-bond donors (Lipinski definition) is 2. The lowest BCUT2D eigenvalue weighted by Gasteiger charge is -2.40. The SMILES string of the molecule is CCC(C)C(CC(=O)C1CCCCN1C)C(=O)N(CCOC)C(CC(OCOC)c1nc(C(=O)NC(Cc2ccc(OC)cc2)CC(C)C(=O)O)cs1)C(C)C. The lowest BCUT2D eigenvalue weighted by Crippen LogP contribution is -2.50. The second-order valence-corrected chi connectivity index (χ2v) is 16.4. The van der Waals surface area contributed by atoms with Crippen LogP contribution in [0, 0.1) is 23.7 Å². The second kappa shape index (κ2) is 23.7. The number of benzene rings is 1. The first-order chi connectivity index (χ1) is 26.7. The summed E-state index contributed by atoms with van der Waals surface area (Å²) in [5.41, 5.74) is 1.12. The van der Waals surface area contributed by atoms with Crippen molar-refractivity contribution in [2.45, 2.75) is 110 Å². The van der Waals surface area contributed by atoms with Crippen LogP contribution in [0.15, 0.2) is 29.6 Å². The van der Waals surface area contributed by atoms with E-state index in [0.717, 1.165) is 37.8 Å². The van der Waals surface area contributed by atoms with Gasteiger partial charge in [-0.05, 0) is 68.8 Å². The van der Waals surface area contributed by atoms with Crippen molar-refractivity contribution >= 4 is 34.9 Å². The van der Waals surface area contributed by atoms with E-state index in [9.17, 15) is 24.3 Å². The van der Waals surface area contributed by atoms with Crippen molar-refractivity contribution in [2.24, 2.45) is 23.7 Å². The van der Waals surface area contributed by atoms with Crippen molar-refractivity contribution in [1.29, 1.82) is 0 Å². The number of piperidine rings is 1. The van der Waals surface area contributed by atoms with Gasteiger partial charge < -0.3 is 34.3 Å². The van der Waals surface area contributed by atoms with Crippen LogP contribution in [0.1, 0.15) is 107 Å². The highest BCUT2D eigenvalue weighted by Crippen LogP contribution is 2.33. The maximum atomic E-state index is 14.7. The summed E-state index contributed by atoms with van der Waals surface area (Å²) in [6.07, 6.45) is 4.25. The molecule has 7 unspecified atom stereocenters. The highest BCUT2D eigenvalue weighted by molar-refractivity contribution is 7.09. The van der Waals surface area contributed by atoms with Crippen LogP contribution in [-0.4, -0.2) is 116 Å². The van der Waals surface area contributed by atoms with Crippen molar-refractivity contribution < 1.29 is 43.2 Å². The van der Waals surface area contributed by atoms with Crippen molar-refractivity contribution in [3.8, 4) is 5.75 Å². The third-order valence-electron chi connectivity index (χ3n) is 11.1. The summed E-state index contributed by atoms with van der Waals surface area (Å²) in [5, 5.41) is 14.9. The zero-order valence-corrected chi connectivity index (χ0v) is 35.8. The maximum absolute atomic E-state index is 14.7. The molecular formula is C42H66N4O9S. The number of rotatable bonds is 25. The molecule has 3 rings (SSSR count). The number of carbonyl (C=O) groups is 4. The van der Waals surface area contributed by atoms with Crippen molar-refractivity contribution in [1.82, 2.24) is 20.1 Å². The van der Waals surface area contributed by atoms with Gasteiger partial charge in [-0.25, -0.2) is 4.98 Å². The van der Waals surface area contributed by atoms with E-state index in [-0.39, 0.29) is 60.9 Å². The predicted molar refractivity (Wildman–Crippen MR) is 217 cm³/mol. The number of carboxylic acid groups (broad SMARTS) is 1. The van der Waals surface area contributed by atoms with Gasteiger partial charge in [0.2, 0.25) is 5.91 Å². The molecule has 2 aromatic rings. The average Bonchev–Trinajstić information content (AvgIpc) is 3.68. The van der Waals surface area contributed by atoms with Crippen LogP contribution in [0.2, 0.25) is 0 Å². The average molecular weight is 803 g/mol. The Balaban J connectivity index is 1.89. The molecule has 0 aliphatic carbocycles. The van der Waals surface area contributed by atoms with E-state index >= 15 is 0 Å². The van der Waals surface area contributed by atoms with Crippen LogP contribution in [0.4, 0.5) is 0 Å². The first kappa shape index (κ1) is 46.9. The molecule has 1 aliphatic rings. The molecule has 1 fully saturated rings. The molecule has 1 saturated heterocycles. The third-order valence-corrected chi connectivity index (χ3v) is 12.0. The number of aromatic nitrogens is 1. The normalized spacial score (nSPS) is 18.1. The zero-order chi connectivity index (χ0) is 41.4. The van der Waals surface area contributed by atoms with E-state index in [0.29, 0.717) is 36.8 Å². The highest BCUT2D eigenvalue weighted by Gasteiger charge is 2.38. The number of methoxy groups -OCH3 is 3. The molecule has 1 aromatic carbocycles. The standard InChI is InChI=1S/C42H66N4O9S/c1-10-28(4)33(23-37(47)35-13-11-12-18-45(35)6)41(49)46(19-20-52-7)36(27(2)3)24-38(55-26-53-8)40-44-34(25-56-40)39(48)43-31(21-29(5)42(50)51)22-30-14-16-32(54-9)17-15-30/h14-17,25,27-29,31,33,35-36,38H,10-13,18-24,26H2,1-9H3,(H,43,48)(H,50,51). The van der Waals surface area contributed by atoms with Gasteiger partial charge in [0.25, 0.3) is 5.91 Å². The number of thiazole rings is 1. The van der Waals surface area contributed by atoms with E-state index in [1.54, 1.807) is 26.5 Å². The monoisotopic (exact) mass is 802 g/mol. The van der Waals surface area contributed by atoms with E-state index in [2.05, 4.69) is 37.9 Å². The zero-order valence-electron chi connectivity index (χ0n) is 35.0. The molecule has 14 heteroatoms. The minimum atomic E-state index is -0.940. The number of ketones is 1. The fraction of sp³-hybridized carbons (Fsp3) is 0.690. The number of carbonyl (C=O) groups excluding carboxylic acids is 3. The minimum Gasteiger partial charge on any atom is -0.497 e. The largest absolute Gasteiger partial charge is 0.497 e. The van der Waals surface area contributed by atoms with E-state index in [1.807, 2.05) is 36.2 Å². The molecule has 7 atom stereocenters. The Bertz CT molecular complexity index is 1520. The van der Waals surface area contributed by atoms with Gasteiger partial charge in [-0.15, -0.1) is 11.3 Å². The lowest BCUT2D eigenvalue weighted by molar-refractivity contribution is -0.146. The number of aliphatic carboxylic acids is 1. The van der Waals surface area contributed by atoms with E-state index in [1.165, 1.54) is 18.4 Å². The van der Waals surface area contributed by atoms with Gasteiger partial charge in [0.1, 0.15) is 29.3 Å². The van der Waals surface area contributed by atoms with Crippen molar-refractivity contribution in [2.75, 3.05) is 54.9 Å². The van der Waals surface area contributed by atoms with E-state index < -0.39 is 35.9 Å². The fourth-order valence-corrected chi connectivity index (χ4v) is 8.29. The number of hydrogen-bond acceptors (Lipinski definition) is 11. The molecule has 0 radical (unpaired) electrons. The molecule has 1 aliphatic heterocycles. The summed E-state index contributed by atoms with van der Waals surface area (Å²) in [6.45, 7) is 11.4. The van der Waals surface area contributed by atoms with Crippen molar-refractivity contribution in [3.05, 3.63) is 45.9 Å².